The van der Waals surface area contributed by atoms with Gasteiger partial charge in [0, 0.05) is 6.42 Å². The first-order valence-electron chi connectivity index (χ1n) is 30.7. The average Bonchev–Trinajstić information content (AvgIpc) is 3.41. The number of allylic oxidation sites excluding steroid dienone is 5. The second-order valence-electron chi connectivity index (χ2n) is 21.8. The number of hydrogen-bond donors (Lipinski definition) is 9. The molecule has 2 rings (SSSR count). The summed E-state index contributed by atoms with van der Waals surface area (Å²) in [5.74, 6) is -0.250. The van der Waals surface area contributed by atoms with E-state index in [9.17, 15) is 45.6 Å². The van der Waals surface area contributed by atoms with Crippen molar-refractivity contribution in [2.45, 2.75) is 325 Å². The van der Waals surface area contributed by atoms with Crippen molar-refractivity contribution < 1.29 is 64.6 Å². The molecule has 14 nitrogen and oxygen atoms in total. The number of unbranched alkanes of at least 4 members (excludes halogenated alkanes) is 32. The zero-order valence-corrected chi connectivity index (χ0v) is 47.3. The molecule has 9 N–H and O–H groups in total. The SMILES string of the molecule is CCCCCCCCCCCCCC/C=C/CC/C=C/CC/C=C/C(O)C(COC1OC(CO)C(OC2OC(CO)C(O)C(O)C2O)C(O)C1O)NC(=O)CCCCCCCCCCCCCCCCCCCCC. The summed E-state index contributed by atoms with van der Waals surface area (Å²) in [7, 11) is 0. The lowest BCUT2D eigenvalue weighted by Crippen LogP contribution is -2.65. The molecule has 0 bridgehead atoms. The number of carbonyl (C=O) groups excluding carboxylic acids is 1. The van der Waals surface area contributed by atoms with Gasteiger partial charge in [0.1, 0.15) is 48.8 Å². The molecule has 2 fully saturated rings. The monoisotopic (exact) mass is 1070 g/mol. The van der Waals surface area contributed by atoms with Gasteiger partial charge in [-0.1, -0.05) is 237 Å². The minimum atomic E-state index is -1.79. The maximum atomic E-state index is 13.3. The Hall–Kier alpha value is -1.79. The molecule has 0 spiro atoms. The van der Waals surface area contributed by atoms with E-state index >= 15 is 0 Å². The number of amides is 1. The molecule has 2 heterocycles. The normalized spacial score (nSPS) is 25.3. The van der Waals surface area contributed by atoms with E-state index in [0.29, 0.717) is 12.8 Å². The van der Waals surface area contributed by atoms with Crippen LogP contribution in [0.1, 0.15) is 251 Å². The van der Waals surface area contributed by atoms with Crippen LogP contribution in [0.5, 0.6) is 0 Å². The van der Waals surface area contributed by atoms with E-state index in [2.05, 4.69) is 43.5 Å². The van der Waals surface area contributed by atoms with Crippen LogP contribution in [0.15, 0.2) is 36.5 Å². The zero-order chi connectivity index (χ0) is 54.6. The summed E-state index contributed by atoms with van der Waals surface area (Å²) in [5.41, 5.74) is 0. The smallest absolute Gasteiger partial charge is 0.220 e. The molecule has 440 valence electrons. The van der Waals surface area contributed by atoms with Crippen molar-refractivity contribution >= 4 is 5.91 Å². The lowest BCUT2D eigenvalue weighted by atomic mass is 9.97. The van der Waals surface area contributed by atoms with Gasteiger partial charge >= 0.3 is 0 Å². The first kappa shape index (κ1) is 69.3. The Balaban J connectivity index is 1.78. The van der Waals surface area contributed by atoms with Crippen molar-refractivity contribution in [1.29, 1.82) is 0 Å². The van der Waals surface area contributed by atoms with Crippen LogP contribution < -0.4 is 5.32 Å². The lowest BCUT2D eigenvalue weighted by molar-refractivity contribution is -0.359. The number of rotatable bonds is 49. The molecule has 0 aromatic heterocycles. The summed E-state index contributed by atoms with van der Waals surface area (Å²) in [6.07, 6.45) is 40.4. The van der Waals surface area contributed by atoms with Crippen molar-refractivity contribution in [3.63, 3.8) is 0 Å². The van der Waals surface area contributed by atoms with E-state index < -0.39 is 86.8 Å². The first-order valence-corrected chi connectivity index (χ1v) is 30.7. The fraction of sp³-hybridized carbons (Fsp3) is 0.885. The quantitative estimate of drug-likeness (QED) is 0.0204. The molecule has 2 aliphatic heterocycles. The Morgan fingerprint density at radius 3 is 1.31 bits per heavy atom. The number of hydrogen-bond acceptors (Lipinski definition) is 13. The van der Waals surface area contributed by atoms with E-state index in [-0.39, 0.29) is 18.9 Å². The molecule has 0 radical (unpaired) electrons. The van der Waals surface area contributed by atoms with E-state index in [0.717, 1.165) is 44.9 Å². The second-order valence-corrected chi connectivity index (χ2v) is 21.8. The minimum Gasteiger partial charge on any atom is -0.394 e. The van der Waals surface area contributed by atoms with Gasteiger partial charge in [-0.2, -0.15) is 0 Å². The summed E-state index contributed by atoms with van der Waals surface area (Å²) >= 11 is 0. The molecular weight excluding hydrogens is 955 g/mol. The minimum absolute atomic E-state index is 0.250. The number of nitrogens with one attached hydrogen (secondary N) is 1. The van der Waals surface area contributed by atoms with E-state index in [1.807, 2.05) is 6.08 Å². The third-order valence-electron chi connectivity index (χ3n) is 15.1. The number of aliphatic hydroxyl groups excluding tert-OH is 8. The Bertz CT molecular complexity index is 1400. The molecule has 0 aliphatic carbocycles. The van der Waals surface area contributed by atoms with Crippen molar-refractivity contribution in [2.75, 3.05) is 19.8 Å². The van der Waals surface area contributed by atoms with Crippen LogP contribution in [0.2, 0.25) is 0 Å². The van der Waals surface area contributed by atoms with Crippen LogP contribution in [0.4, 0.5) is 0 Å². The third-order valence-corrected chi connectivity index (χ3v) is 15.1. The molecule has 0 aromatic carbocycles. The molecule has 0 saturated carbocycles. The van der Waals surface area contributed by atoms with Gasteiger partial charge in [0.2, 0.25) is 5.91 Å². The Kier molecular flexibility index (Phi) is 43.5. The summed E-state index contributed by atoms with van der Waals surface area (Å²) in [6.45, 7) is 2.80. The second kappa shape index (κ2) is 47.1. The summed E-state index contributed by atoms with van der Waals surface area (Å²) in [5, 5.41) is 87.1. The summed E-state index contributed by atoms with van der Waals surface area (Å²) in [6, 6.07) is -0.935. The van der Waals surface area contributed by atoms with E-state index in [1.165, 1.54) is 173 Å². The topological polar surface area (TPSA) is 228 Å². The molecule has 0 aromatic rings. The Morgan fingerprint density at radius 2 is 0.853 bits per heavy atom. The standard InChI is InChI=1S/C61H113NO13/c1-3-5-7-9-11-13-15-17-19-21-23-24-25-27-28-30-32-34-36-38-40-42-44-50(65)49(62-53(66)45-43-41-39-37-35-33-31-29-26-22-20-18-16-14-12-10-8-6-4-2)48-72-60-58(71)56(69)59(52(47-64)74-60)75-61-57(70)55(68)54(67)51(46-63)73-61/h27-28,34,36,42,44,49-52,54-61,63-65,67-71H,3-26,29-33,35,37-41,43,45-48H2,1-2H3,(H,62,66)/b28-27+,36-34+,44-42+. The zero-order valence-electron chi connectivity index (χ0n) is 47.3. The molecular formula is C61H113NO13. The van der Waals surface area contributed by atoms with Crippen LogP contribution in [-0.2, 0) is 23.7 Å². The lowest BCUT2D eigenvalue weighted by Gasteiger charge is -2.46. The largest absolute Gasteiger partial charge is 0.394 e. The van der Waals surface area contributed by atoms with E-state index in [1.54, 1.807) is 6.08 Å². The molecule has 2 saturated heterocycles. The predicted octanol–water partition coefficient (Wildman–Crippen LogP) is 10.6. The van der Waals surface area contributed by atoms with Crippen molar-refractivity contribution in [3.8, 4) is 0 Å². The van der Waals surface area contributed by atoms with Gasteiger partial charge in [0.05, 0.1) is 32.0 Å². The van der Waals surface area contributed by atoms with Gasteiger partial charge in [-0.15, -0.1) is 0 Å². The first-order chi connectivity index (χ1) is 36.6. The third kappa shape index (κ3) is 32.8. The molecule has 12 unspecified atom stereocenters. The van der Waals surface area contributed by atoms with Gasteiger partial charge < -0.3 is 65.1 Å². The molecule has 14 heteroatoms. The van der Waals surface area contributed by atoms with Gasteiger partial charge in [0.25, 0.3) is 0 Å². The fourth-order valence-electron chi connectivity index (χ4n) is 10.1. The molecule has 12 atom stereocenters. The molecule has 2 aliphatic rings. The highest BCUT2D eigenvalue weighted by atomic mass is 16.7. The molecule has 1 amide bonds. The average molecular weight is 1070 g/mol. The van der Waals surface area contributed by atoms with Crippen molar-refractivity contribution in [2.24, 2.45) is 0 Å². The highest BCUT2D eigenvalue weighted by Gasteiger charge is 2.51. The summed E-state index contributed by atoms with van der Waals surface area (Å²) in [4.78, 5) is 13.3. The van der Waals surface area contributed by atoms with Gasteiger partial charge in [-0.05, 0) is 44.9 Å². The van der Waals surface area contributed by atoms with Crippen LogP contribution >= 0.6 is 0 Å². The number of ether oxygens (including phenoxy) is 4. The van der Waals surface area contributed by atoms with Crippen LogP contribution in [-0.4, -0.2) is 140 Å². The molecule has 75 heavy (non-hydrogen) atoms. The maximum absolute atomic E-state index is 13.3. The fourth-order valence-corrected chi connectivity index (χ4v) is 10.1. The Morgan fingerprint density at radius 1 is 0.467 bits per heavy atom. The number of carbonyl (C=O) groups is 1. The van der Waals surface area contributed by atoms with E-state index in [4.69, 9.17) is 18.9 Å². The van der Waals surface area contributed by atoms with Gasteiger partial charge in [-0.25, -0.2) is 0 Å². The predicted molar refractivity (Wildman–Crippen MR) is 300 cm³/mol. The van der Waals surface area contributed by atoms with Crippen LogP contribution in [0.25, 0.3) is 0 Å². The van der Waals surface area contributed by atoms with Crippen LogP contribution in [0.3, 0.4) is 0 Å². The summed E-state index contributed by atoms with van der Waals surface area (Å²) < 4.78 is 22.8. The van der Waals surface area contributed by atoms with Crippen molar-refractivity contribution in [3.05, 3.63) is 36.5 Å². The number of aliphatic hydroxyl groups is 8. The Labute approximate surface area is 455 Å². The highest BCUT2D eigenvalue weighted by Crippen LogP contribution is 2.30. The van der Waals surface area contributed by atoms with Gasteiger partial charge in [-0.3, -0.25) is 4.79 Å². The highest BCUT2D eigenvalue weighted by molar-refractivity contribution is 5.76. The van der Waals surface area contributed by atoms with Crippen molar-refractivity contribution in [1.82, 2.24) is 5.32 Å². The maximum Gasteiger partial charge on any atom is 0.220 e. The van der Waals surface area contributed by atoms with Crippen LogP contribution in [0, 0.1) is 0 Å². The van der Waals surface area contributed by atoms with Gasteiger partial charge in [0.15, 0.2) is 12.6 Å².